The Labute approximate surface area is 216 Å². The molecule has 194 valence electrons. The van der Waals surface area contributed by atoms with Gasteiger partial charge in [0.15, 0.2) is 5.75 Å². The van der Waals surface area contributed by atoms with Gasteiger partial charge < -0.3 is 19.9 Å². The van der Waals surface area contributed by atoms with Crippen molar-refractivity contribution in [2.75, 3.05) is 42.9 Å². The molecule has 0 unspecified atom stereocenters. The van der Waals surface area contributed by atoms with E-state index in [0.717, 1.165) is 37.2 Å². The summed E-state index contributed by atoms with van der Waals surface area (Å²) < 4.78 is 46.5. The molecule has 1 N–H and O–H groups in total. The van der Waals surface area contributed by atoms with Crippen LogP contribution in [0.2, 0.25) is 0 Å². The number of nitriles is 1. The van der Waals surface area contributed by atoms with E-state index in [0.29, 0.717) is 30.3 Å². The molecule has 9 nitrogen and oxygen atoms in total. The minimum absolute atomic E-state index is 0.00829. The summed E-state index contributed by atoms with van der Waals surface area (Å²) >= 11 is 0. The lowest BCUT2D eigenvalue weighted by Crippen LogP contribution is -2.46. The number of aromatic nitrogens is 4. The Bertz CT molecular complexity index is 1490. The number of ether oxygens (including phenoxy) is 1. The van der Waals surface area contributed by atoms with Gasteiger partial charge in [-0.3, -0.25) is 4.98 Å². The zero-order valence-electron chi connectivity index (χ0n) is 20.4. The van der Waals surface area contributed by atoms with Crippen LogP contribution in [-0.4, -0.2) is 57.6 Å². The number of likely N-dealkylation sites (N-methyl/N-ethyl adjacent to an activating group) is 1. The largest absolute Gasteiger partial charge is 0.422 e. The highest BCUT2D eigenvalue weighted by molar-refractivity contribution is 5.84. The summed E-state index contributed by atoms with van der Waals surface area (Å²) in [6.07, 6.45) is -3.04. The second kappa shape index (κ2) is 10.5. The summed E-state index contributed by atoms with van der Waals surface area (Å²) in [5, 5.41) is 12.8. The Balaban J connectivity index is 1.51. The van der Waals surface area contributed by atoms with Gasteiger partial charge in [-0.2, -0.15) is 33.4 Å². The van der Waals surface area contributed by atoms with Crippen LogP contribution in [0, 0.1) is 11.3 Å². The molecule has 0 radical (unpaired) electrons. The third kappa shape index (κ3) is 5.42. The van der Waals surface area contributed by atoms with Gasteiger partial charge in [0.1, 0.15) is 5.52 Å². The van der Waals surface area contributed by atoms with Crippen molar-refractivity contribution >= 4 is 28.5 Å². The molecule has 1 aliphatic rings. The lowest BCUT2D eigenvalue weighted by molar-refractivity contribution is -0.137. The molecule has 0 bridgehead atoms. The summed E-state index contributed by atoms with van der Waals surface area (Å²) in [4.78, 5) is 22.0. The molecule has 1 aliphatic heterocycles. The van der Waals surface area contributed by atoms with Crippen molar-refractivity contribution in [2.24, 2.45) is 0 Å². The van der Waals surface area contributed by atoms with E-state index in [-0.39, 0.29) is 17.6 Å². The Morgan fingerprint density at radius 3 is 2.55 bits per heavy atom. The van der Waals surface area contributed by atoms with E-state index in [9.17, 15) is 13.2 Å². The fraction of sp³-hybridized carbons (Fsp3) is 0.269. The first-order valence-corrected chi connectivity index (χ1v) is 12.0. The summed E-state index contributed by atoms with van der Waals surface area (Å²) in [7, 11) is 0. The van der Waals surface area contributed by atoms with Crippen LogP contribution >= 0.6 is 0 Å². The van der Waals surface area contributed by atoms with Crippen molar-refractivity contribution in [3.8, 4) is 17.8 Å². The molecule has 2 aromatic carbocycles. The third-order valence-corrected chi connectivity index (χ3v) is 6.20. The molecule has 0 saturated carbocycles. The molecular weight excluding hydrogens is 497 g/mol. The molecule has 3 heterocycles. The highest BCUT2D eigenvalue weighted by atomic mass is 19.4. The SMILES string of the molecule is CCN1CCN(c2nc(Nc3ccc(C#N)c(C(F)(F)F)c3)nc(Oc3cccc4cccnc34)n2)CC1. The Morgan fingerprint density at radius 1 is 1.03 bits per heavy atom. The van der Waals surface area contributed by atoms with Crippen LogP contribution in [0.15, 0.2) is 54.7 Å². The number of nitrogens with zero attached hydrogens (tertiary/aromatic N) is 7. The van der Waals surface area contributed by atoms with Crippen molar-refractivity contribution < 1.29 is 17.9 Å². The monoisotopic (exact) mass is 520 g/mol. The number of halogens is 3. The summed E-state index contributed by atoms with van der Waals surface area (Å²) in [6, 6.07) is 14.1. The smallest absolute Gasteiger partial charge is 0.417 e. The first-order valence-electron chi connectivity index (χ1n) is 12.0. The number of rotatable bonds is 6. The summed E-state index contributed by atoms with van der Waals surface area (Å²) in [5.74, 6) is 0.778. The van der Waals surface area contributed by atoms with E-state index in [1.807, 2.05) is 29.2 Å². The number of alkyl halides is 3. The van der Waals surface area contributed by atoms with E-state index in [1.165, 1.54) is 6.07 Å². The number of pyridine rings is 1. The highest BCUT2D eigenvalue weighted by Crippen LogP contribution is 2.34. The van der Waals surface area contributed by atoms with Crippen molar-refractivity contribution in [3.05, 3.63) is 65.9 Å². The van der Waals surface area contributed by atoms with Gasteiger partial charge in [0, 0.05) is 43.4 Å². The van der Waals surface area contributed by atoms with Crippen LogP contribution in [0.3, 0.4) is 0 Å². The molecule has 1 saturated heterocycles. The second-order valence-electron chi connectivity index (χ2n) is 8.59. The van der Waals surface area contributed by atoms with Gasteiger partial charge in [0.2, 0.25) is 11.9 Å². The lowest BCUT2D eigenvalue weighted by atomic mass is 10.1. The third-order valence-electron chi connectivity index (χ3n) is 6.20. The van der Waals surface area contributed by atoms with E-state index in [4.69, 9.17) is 10.00 Å². The first kappa shape index (κ1) is 25.2. The van der Waals surface area contributed by atoms with Crippen LogP contribution in [-0.2, 0) is 6.18 Å². The summed E-state index contributed by atoms with van der Waals surface area (Å²) in [5.41, 5.74) is -0.832. The maximum absolute atomic E-state index is 13.5. The standard InChI is InChI=1S/C26H23F3N8O/c1-2-36-11-13-37(14-12-36)24-33-23(32-19-9-8-18(16-30)20(15-19)26(27,28)29)34-25(35-24)38-21-7-3-5-17-6-4-10-31-22(17)21/h3-10,15H,2,11-14H2,1H3,(H,32,33,34,35). The molecule has 4 aromatic rings. The summed E-state index contributed by atoms with van der Waals surface area (Å²) in [6.45, 7) is 6.00. The number of para-hydroxylation sites is 1. The van der Waals surface area contributed by atoms with Gasteiger partial charge in [0.25, 0.3) is 0 Å². The Kier molecular flexibility index (Phi) is 6.93. The van der Waals surface area contributed by atoms with Crippen LogP contribution in [0.25, 0.3) is 10.9 Å². The number of benzene rings is 2. The van der Waals surface area contributed by atoms with Gasteiger partial charge in [-0.1, -0.05) is 25.1 Å². The van der Waals surface area contributed by atoms with Crippen LogP contribution in [0.4, 0.5) is 30.8 Å². The van der Waals surface area contributed by atoms with E-state index in [2.05, 4.69) is 37.1 Å². The van der Waals surface area contributed by atoms with Gasteiger partial charge in [-0.15, -0.1) is 0 Å². The number of anilines is 3. The molecule has 0 atom stereocenters. The minimum atomic E-state index is -4.69. The van der Waals surface area contributed by atoms with Crippen molar-refractivity contribution in [1.29, 1.82) is 5.26 Å². The number of nitrogens with one attached hydrogen (secondary N) is 1. The molecule has 0 aliphatic carbocycles. The number of hydrogen-bond donors (Lipinski definition) is 1. The van der Waals surface area contributed by atoms with Gasteiger partial charge >= 0.3 is 12.2 Å². The minimum Gasteiger partial charge on any atom is -0.422 e. The van der Waals surface area contributed by atoms with Gasteiger partial charge in [-0.05, 0) is 36.9 Å². The fourth-order valence-corrected chi connectivity index (χ4v) is 4.19. The lowest BCUT2D eigenvalue weighted by Gasteiger charge is -2.34. The van der Waals surface area contributed by atoms with E-state index >= 15 is 0 Å². The highest BCUT2D eigenvalue weighted by Gasteiger charge is 2.34. The molecule has 12 heteroatoms. The number of hydrogen-bond acceptors (Lipinski definition) is 9. The van der Waals surface area contributed by atoms with Crippen LogP contribution in [0.5, 0.6) is 11.8 Å². The van der Waals surface area contributed by atoms with Crippen LogP contribution in [0.1, 0.15) is 18.1 Å². The number of fused-ring (bicyclic) bond motifs is 1. The van der Waals surface area contributed by atoms with Crippen molar-refractivity contribution in [3.63, 3.8) is 0 Å². The predicted octanol–water partition coefficient (Wildman–Crippen LogP) is 4.99. The fourth-order valence-electron chi connectivity index (χ4n) is 4.19. The van der Waals surface area contributed by atoms with E-state index < -0.39 is 17.3 Å². The maximum atomic E-state index is 13.5. The average molecular weight is 521 g/mol. The number of piperazine rings is 1. The average Bonchev–Trinajstić information content (AvgIpc) is 2.93. The topological polar surface area (TPSA) is 103 Å². The molecular formula is C26H23F3N8O. The molecule has 38 heavy (non-hydrogen) atoms. The molecule has 2 aromatic heterocycles. The van der Waals surface area contributed by atoms with Crippen molar-refractivity contribution in [2.45, 2.75) is 13.1 Å². The quantitative estimate of drug-likeness (QED) is 0.377. The molecule has 0 amide bonds. The van der Waals surface area contributed by atoms with Gasteiger partial charge in [0.05, 0.1) is 17.2 Å². The van der Waals surface area contributed by atoms with Gasteiger partial charge in [-0.25, -0.2) is 0 Å². The van der Waals surface area contributed by atoms with E-state index in [1.54, 1.807) is 18.3 Å². The molecule has 0 spiro atoms. The zero-order chi connectivity index (χ0) is 26.7. The zero-order valence-corrected chi connectivity index (χ0v) is 20.4. The van der Waals surface area contributed by atoms with Crippen LogP contribution < -0.4 is 15.0 Å². The van der Waals surface area contributed by atoms with Crippen molar-refractivity contribution in [1.82, 2.24) is 24.8 Å². The molecule has 5 rings (SSSR count). The maximum Gasteiger partial charge on any atom is 0.417 e. The molecule has 1 fully saturated rings. The predicted molar refractivity (Wildman–Crippen MR) is 135 cm³/mol. The second-order valence-corrected chi connectivity index (χ2v) is 8.59. The normalized spacial score (nSPS) is 14.3. The Morgan fingerprint density at radius 2 is 1.82 bits per heavy atom. The Hall–Kier alpha value is -4.50. The first-order chi connectivity index (χ1) is 18.3.